The van der Waals surface area contributed by atoms with Gasteiger partial charge in [-0.05, 0) is 34.7 Å². The van der Waals surface area contributed by atoms with Gasteiger partial charge < -0.3 is 14.2 Å². The van der Waals surface area contributed by atoms with Crippen LogP contribution in [0.4, 0.5) is 4.79 Å². The number of rotatable bonds is 5. The number of benzene rings is 2. The third-order valence-corrected chi connectivity index (χ3v) is 5.29. The maximum atomic E-state index is 13.3. The van der Waals surface area contributed by atoms with Gasteiger partial charge in [-0.2, -0.15) is 0 Å². The Bertz CT molecular complexity index is 1010. The largest absolute Gasteiger partial charge is 0.486 e. The molecule has 2 aliphatic heterocycles. The summed E-state index contributed by atoms with van der Waals surface area (Å²) in [5, 5.41) is 3.73. The molecule has 0 unspecified atom stereocenters. The molecule has 9 heteroatoms. The van der Waals surface area contributed by atoms with Gasteiger partial charge in [-0.1, -0.05) is 48.4 Å². The van der Waals surface area contributed by atoms with Crippen molar-refractivity contribution in [1.82, 2.24) is 4.90 Å². The second-order valence-corrected chi connectivity index (χ2v) is 7.05. The zero-order valence-corrected chi connectivity index (χ0v) is 16.3. The summed E-state index contributed by atoms with van der Waals surface area (Å²) < 4.78 is 16.3. The average molecular weight is 408 g/mol. The zero-order valence-electron chi connectivity index (χ0n) is 16.3. The number of cyclic esters (lactones) is 1. The van der Waals surface area contributed by atoms with E-state index >= 15 is 0 Å². The number of carbonyl (C=O) groups is 2. The minimum Gasteiger partial charge on any atom is -0.486 e. The first-order valence-corrected chi connectivity index (χ1v) is 9.58. The van der Waals surface area contributed by atoms with Crippen LogP contribution in [0, 0.1) is 0 Å². The number of hydrogen-bond donors (Lipinski definition) is 0. The van der Waals surface area contributed by atoms with Gasteiger partial charge in [0.25, 0.3) is 0 Å². The standard InChI is InChI=1S/C21H20N4O5/c1-13(15-7-8-17-18(11-15)29-10-9-28-17)19(23-24-22)20(26)25-16(12-30-21(25)27)14-5-3-2-4-6-14/h2-8,11,13,16,19H,9-10,12H2,1H3/t13-,16-,19+/m1/s1. The Morgan fingerprint density at radius 2 is 1.87 bits per heavy atom. The minimum atomic E-state index is -1.13. The van der Waals surface area contributed by atoms with Gasteiger partial charge >= 0.3 is 6.09 Å². The summed E-state index contributed by atoms with van der Waals surface area (Å²) in [5.74, 6) is 0.0807. The Hall–Kier alpha value is -3.71. The summed E-state index contributed by atoms with van der Waals surface area (Å²) in [4.78, 5) is 29.6. The predicted molar refractivity (Wildman–Crippen MR) is 106 cm³/mol. The lowest BCUT2D eigenvalue weighted by molar-refractivity contribution is -0.131. The fourth-order valence-electron chi connectivity index (χ4n) is 3.67. The summed E-state index contributed by atoms with van der Waals surface area (Å²) >= 11 is 0. The number of ether oxygens (including phenoxy) is 3. The third kappa shape index (κ3) is 3.62. The molecule has 0 aliphatic carbocycles. The van der Waals surface area contributed by atoms with Crippen molar-refractivity contribution >= 4 is 12.0 Å². The summed E-state index contributed by atoms with van der Waals surface area (Å²) in [7, 11) is 0. The minimum absolute atomic E-state index is 0.0516. The Morgan fingerprint density at radius 3 is 2.60 bits per heavy atom. The van der Waals surface area contributed by atoms with Gasteiger partial charge in [-0.25, -0.2) is 9.69 Å². The van der Waals surface area contributed by atoms with E-state index < -0.39 is 30.0 Å². The topological polar surface area (TPSA) is 114 Å². The van der Waals surface area contributed by atoms with Gasteiger partial charge in [-0.15, -0.1) is 0 Å². The monoisotopic (exact) mass is 408 g/mol. The Labute approximate surface area is 172 Å². The van der Waals surface area contributed by atoms with Crippen LogP contribution in [-0.2, 0) is 9.53 Å². The van der Waals surface area contributed by atoms with E-state index in [0.29, 0.717) is 24.7 Å². The van der Waals surface area contributed by atoms with E-state index in [1.54, 1.807) is 25.1 Å². The highest BCUT2D eigenvalue weighted by molar-refractivity contribution is 5.97. The summed E-state index contributed by atoms with van der Waals surface area (Å²) in [5.41, 5.74) is 10.6. The SMILES string of the molecule is C[C@H](c1ccc2c(c1)OCCO2)[C@H](N=[N+]=[N-])C(=O)N1C(=O)OC[C@@H]1c1ccccc1. The van der Waals surface area contributed by atoms with Gasteiger partial charge in [0.15, 0.2) is 11.5 Å². The molecule has 0 saturated carbocycles. The predicted octanol–water partition coefficient (Wildman–Crippen LogP) is 3.96. The first kappa shape index (κ1) is 19.6. The van der Waals surface area contributed by atoms with Crippen LogP contribution in [0.15, 0.2) is 53.6 Å². The van der Waals surface area contributed by atoms with E-state index in [2.05, 4.69) is 10.0 Å². The number of hydrogen-bond acceptors (Lipinski definition) is 6. The van der Waals surface area contributed by atoms with Crippen LogP contribution < -0.4 is 9.47 Å². The van der Waals surface area contributed by atoms with Crippen molar-refractivity contribution in [3.05, 3.63) is 70.1 Å². The zero-order chi connectivity index (χ0) is 21.1. The van der Waals surface area contributed by atoms with Gasteiger partial charge in [0.05, 0.1) is 0 Å². The fraction of sp³-hybridized carbons (Fsp3) is 0.333. The molecular formula is C21H20N4O5. The lowest BCUT2D eigenvalue weighted by Gasteiger charge is -2.27. The molecule has 0 N–H and O–H groups in total. The van der Waals surface area contributed by atoms with Crippen molar-refractivity contribution in [1.29, 1.82) is 0 Å². The second-order valence-electron chi connectivity index (χ2n) is 7.05. The van der Waals surface area contributed by atoms with Gasteiger partial charge in [0.1, 0.15) is 31.9 Å². The summed E-state index contributed by atoms with van der Waals surface area (Å²) in [6.07, 6.45) is -0.749. The first-order chi connectivity index (χ1) is 14.6. The molecule has 0 spiro atoms. The highest BCUT2D eigenvalue weighted by atomic mass is 16.6. The smallest absolute Gasteiger partial charge is 0.417 e. The molecule has 0 aromatic heterocycles. The third-order valence-electron chi connectivity index (χ3n) is 5.29. The van der Waals surface area contributed by atoms with Crippen LogP contribution in [-0.4, -0.2) is 42.8 Å². The number of azide groups is 1. The summed E-state index contributed by atoms with van der Waals surface area (Å²) in [6.45, 7) is 2.72. The van der Waals surface area contributed by atoms with Gasteiger partial charge in [0, 0.05) is 4.91 Å². The normalized spacial score (nSPS) is 19.4. The highest BCUT2D eigenvalue weighted by Crippen LogP contribution is 2.36. The number of amides is 2. The Morgan fingerprint density at radius 1 is 1.13 bits per heavy atom. The van der Waals surface area contributed by atoms with E-state index in [1.165, 1.54) is 0 Å². The number of fused-ring (bicyclic) bond motifs is 1. The molecule has 9 nitrogen and oxygen atoms in total. The molecule has 0 bridgehead atoms. The number of imide groups is 1. The molecule has 0 radical (unpaired) electrons. The molecule has 1 saturated heterocycles. The molecule has 154 valence electrons. The van der Waals surface area contributed by atoms with Crippen molar-refractivity contribution in [3.8, 4) is 11.5 Å². The lowest BCUT2D eigenvalue weighted by Crippen LogP contribution is -2.42. The van der Waals surface area contributed by atoms with Crippen molar-refractivity contribution in [2.24, 2.45) is 5.11 Å². The fourth-order valence-corrected chi connectivity index (χ4v) is 3.67. The highest BCUT2D eigenvalue weighted by Gasteiger charge is 2.43. The van der Waals surface area contributed by atoms with E-state index in [4.69, 9.17) is 19.7 Å². The van der Waals surface area contributed by atoms with Crippen LogP contribution in [0.25, 0.3) is 10.4 Å². The quantitative estimate of drug-likeness (QED) is 0.422. The molecular weight excluding hydrogens is 388 g/mol. The maximum Gasteiger partial charge on any atom is 0.417 e. The van der Waals surface area contributed by atoms with Crippen LogP contribution >= 0.6 is 0 Å². The number of nitrogens with zero attached hydrogens (tertiary/aromatic N) is 4. The Balaban J connectivity index is 1.64. The van der Waals surface area contributed by atoms with E-state index in [0.717, 1.165) is 16.0 Å². The van der Waals surface area contributed by atoms with E-state index in [9.17, 15) is 9.59 Å². The van der Waals surface area contributed by atoms with Crippen molar-refractivity contribution < 1.29 is 23.8 Å². The van der Waals surface area contributed by atoms with Crippen LogP contribution in [0.5, 0.6) is 11.5 Å². The first-order valence-electron chi connectivity index (χ1n) is 9.58. The lowest BCUT2D eigenvalue weighted by atomic mass is 9.92. The molecule has 4 rings (SSSR count). The Kier molecular flexibility index (Phi) is 5.45. The summed E-state index contributed by atoms with van der Waals surface area (Å²) in [6, 6.07) is 12.7. The second kappa shape index (κ2) is 8.34. The molecule has 1 fully saturated rings. The van der Waals surface area contributed by atoms with Crippen LogP contribution in [0.1, 0.15) is 30.0 Å². The van der Waals surface area contributed by atoms with Crippen molar-refractivity contribution in [2.75, 3.05) is 19.8 Å². The molecule has 30 heavy (non-hydrogen) atoms. The molecule has 2 aromatic rings. The molecule has 2 aromatic carbocycles. The van der Waals surface area contributed by atoms with Crippen LogP contribution in [0.2, 0.25) is 0 Å². The number of carbonyl (C=O) groups excluding carboxylic acids is 2. The van der Waals surface area contributed by atoms with Crippen LogP contribution in [0.3, 0.4) is 0 Å². The average Bonchev–Trinajstić information content (AvgIpc) is 3.18. The van der Waals surface area contributed by atoms with Crippen molar-refractivity contribution in [2.45, 2.75) is 24.9 Å². The van der Waals surface area contributed by atoms with E-state index in [-0.39, 0.29) is 6.61 Å². The maximum absolute atomic E-state index is 13.3. The molecule has 2 heterocycles. The molecule has 2 aliphatic rings. The van der Waals surface area contributed by atoms with E-state index in [1.807, 2.05) is 30.3 Å². The van der Waals surface area contributed by atoms with Gasteiger partial charge in [0.2, 0.25) is 5.91 Å². The molecule has 3 atom stereocenters. The van der Waals surface area contributed by atoms with Gasteiger partial charge in [-0.3, -0.25) is 4.79 Å². The van der Waals surface area contributed by atoms with Crippen molar-refractivity contribution in [3.63, 3.8) is 0 Å². The molecule has 2 amide bonds.